The Morgan fingerprint density at radius 3 is 2.61 bits per heavy atom. The van der Waals surface area contributed by atoms with Gasteiger partial charge in [-0.05, 0) is 33.8 Å². The van der Waals surface area contributed by atoms with E-state index >= 15 is 0 Å². The minimum atomic E-state index is -0.173. The fourth-order valence-electron chi connectivity index (χ4n) is 3.52. The van der Waals surface area contributed by atoms with E-state index in [2.05, 4.69) is 25.6 Å². The minimum Gasteiger partial charge on any atom is -0.274 e. The van der Waals surface area contributed by atoms with Gasteiger partial charge in [0.2, 0.25) is 16.5 Å². The molecule has 0 bridgehead atoms. The first-order valence-corrected chi connectivity index (χ1v) is 10.1. The number of rotatable bonds is 5. The number of benzene rings is 3. The summed E-state index contributed by atoms with van der Waals surface area (Å²) in [6.45, 7) is 0.161. The maximum atomic E-state index is 13.1. The van der Waals surface area contributed by atoms with Crippen molar-refractivity contribution in [2.75, 3.05) is 0 Å². The van der Waals surface area contributed by atoms with Crippen LogP contribution in [0.3, 0.4) is 0 Å². The topological polar surface area (TPSA) is 94.3 Å². The second kappa shape index (κ2) is 8.04. The largest absolute Gasteiger partial charge is 0.274 e. The smallest absolute Gasteiger partial charge is 0.238 e. The average molecular weight is 427 g/mol. The molecular weight excluding hydrogens is 410 g/mol. The van der Waals surface area contributed by atoms with Gasteiger partial charge in [0.05, 0.1) is 6.42 Å². The Kier molecular flexibility index (Phi) is 4.93. The molecule has 0 saturated heterocycles. The summed E-state index contributed by atoms with van der Waals surface area (Å²) in [7, 11) is 0. The molecule has 0 aliphatic carbocycles. The number of carbonyl (C=O) groups excluding carboxylic acids is 1. The molecule has 0 saturated carbocycles. The number of hydrogen-bond acceptors (Lipinski definition) is 6. The number of nitrogens with one attached hydrogen (secondary N) is 1. The lowest BCUT2D eigenvalue weighted by molar-refractivity contribution is 0.0908. The molecule has 2 aromatic heterocycles. The van der Waals surface area contributed by atoms with Gasteiger partial charge in [-0.3, -0.25) is 9.89 Å². The molecule has 0 unspecified atom stereocenters. The Morgan fingerprint density at radius 1 is 0.968 bits per heavy atom. The first-order chi connectivity index (χ1) is 15.2. The highest BCUT2D eigenvalue weighted by Crippen LogP contribution is 2.20. The summed E-state index contributed by atoms with van der Waals surface area (Å²) in [5, 5.41) is 21.6. The Balaban J connectivity index is 1.42. The molecule has 2 heterocycles. The zero-order valence-electron chi connectivity index (χ0n) is 16.3. The third-order valence-electron chi connectivity index (χ3n) is 4.98. The van der Waals surface area contributed by atoms with Gasteiger partial charge in [-0.2, -0.15) is 9.90 Å². The van der Waals surface area contributed by atoms with Crippen molar-refractivity contribution >= 4 is 28.9 Å². The van der Waals surface area contributed by atoms with E-state index in [4.69, 9.17) is 12.2 Å². The van der Waals surface area contributed by atoms with Crippen molar-refractivity contribution in [1.29, 1.82) is 0 Å². The molecule has 5 rings (SSSR count). The average Bonchev–Trinajstić information content (AvgIpc) is 3.41. The van der Waals surface area contributed by atoms with Crippen LogP contribution in [0.2, 0.25) is 0 Å². The number of nitrogens with zero attached hydrogens (tertiary/aromatic N) is 6. The van der Waals surface area contributed by atoms with Crippen LogP contribution in [-0.2, 0) is 13.0 Å². The molecule has 0 radical (unpaired) electrons. The van der Waals surface area contributed by atoms with Crippen molar-refractivity contribution < 1.29 is 4.79 Å². The molecule has 0 aliphatic rings. The summed E-state index contributed by atoms with van der Waals surface area (Å²) < 4.78 is 1.64. The predicted octanol–water partition coefficient (Wildman–Crippen LogP) is 3.68. The van der Waals surface area contributed by atoms with E-state index < -0.39 is 0 Å². The van der Waals surface area contributed by atoms with Gasteiger partial charge in [0.1, 0.15) is 6.54 Å². The fraction of sp³-hybridized carbons (Fsp3) is 0.0909. The Bertz CT molecular complexity index is 1430. The van der Waals surface area contributed by atoms with E-state index in [1.165, 1.54) is 9.36 Å². The van der Waals surface area contributed by atoms with Crippen molar-refractivity contribution in [3.8, 4) is 11.4 Å². The molecule has 3 aromatic carbocycles. The van der Waals surface area contributed by atoms with Gasteiger partial charge in [-0.25, -0.2) is 4.57 Å². The molecule has 0 fully saturated rings. The third kappa shape index (κ3) is 3.78. The molecule has 0 aliphatic heterocycles. The van der Waals surface area contributed by atoms with Crippen LogP contribution in [0.4, 0.5) is 0 Å². The van der Waals surface area contributed by atoms with Gasteiger partial charge in [-0.15, -0.1) is 10.2 Å². The summed E-state index contributed by atoms with van der Waals surface area (Å²) in [5.41, 5.74) is 1.79. The quantitative estimate of drug-likeness (QED) is 0.430. The number of aromatic amines is 1. The summed E-state index contributed by atoms with van der Waals surface area (Å²) in [5.74, 6) is 0.754. The molecule has 0 atom stereocenters. The zero-order chi connectivity index (χ0) is 21.2. The first-order valence-electron chi connectivity index (χ1n) is 9.68. The van der Waals surface area contributed by atoms with E-state index in [1.807, 2.05) is 72.8 Å². The number of aromatic nitrogens is 7. The normalized spacial score (nSPS) is 11.1. The number of tetrazole rings is 1. The van der Waals surface area contributed by atoms with Crippen molar-refractivity contribution in [3.05, 3.63) is 89.0 Å². The second-order valence-corrected chi connectivity index (χ2v) is 7.39. The molecule has 152 valence electrons. The van der Waals surface area contributed by atoms with E-state index in [0.717, 1.165) is 21.9 Å². The van der Waals surface area contributed by atoms with Crippen LogP contribution >= 0.6 is 12.2 Å². The maximum absolute atomic E-state index is 13.1. The fourth-order valence-corrected chi connectivity index (χ4v) is 3.77. The van der Waals surface area contributed by atoms with Gasteiger partial charge in [0.15, 0.2) is 5.82 Å². The standard InChI is InChI=1S/C22H17N7OS/c30-20(13-17-11-6-10-15-7-4-5-12-18(15)17)29-19(23-25-22(29)31)14-28-26-21(24-27-28)16-8-2-1-3-9-16/h1-12H,13-14H2,(H,25,31). The van der Waals surface area contributed by atoms with Crippen LogP contribution in [0.25, 0.3) is 22.2 Å². The minimum absolute atomic E-state index is 0.161. The number of fused-ring (bicyclic) bond motifs is 1. The van der Waals surface area contributed by atoms with Gasteiger partial charge < -0.3 is 0 Å². The molecule has 8 nitrogen and oxygen atoms in total. The number of H-pyrrole nitrogens is 1. The highest BCUT2D eigenvalue weighted by atomic mass is 32.1. The van der Waals surface area contributed by atoms with Crippen molar-refractivity contribution in [3.63, 3.8) is 0 Å². The van der Waals surface area contributed by atoms with Crippen LogP contribution in [0.1, 0.15) is 16.2 Å². The summed E-state index contributed by atoms with van der Waals surface area (Å²) in [6.07, 6.45) is 0.197. The second-order valence-electron chi connectivity index (χ2n) is 7.00. The molecule has 1 N–H and O–H groups in total. The number of carbonyl (C=O) groups is 1. The van der Waals surface area contributed by atoms with Gasteiger partial charge in [-0.1, -0.05) is 72.8 Å². The molecule has 9 heteroatoms. The van der Waals surface area contributed by atoms with Crippen LogP contribution in [0.5, 0.6) is 0 Å². The van der Waals surface area contributed by atoms with Gasteiger partial charge >= 0.3 is 0 Å². The van der Waals surface area contributed by atoms with Crippen LogP contribution in [0, 0.1) is 4.77 Å². The Hall–Kier alpha value is -3.98. The van der Waals surface area contributed by atoms with Crippen molar-refractivity contribution in [2.45, 2.75) is 13.0 Å². The SMILES string of the molecule is O=C(Cc1cccc2ccccc12)n1c(Cn2nnc(-c3ccccc3)n2)n[nH]c1=S. The van der Waals surface area contributed by atoms with Gasteiger partial charge in [0.25, 0.3) is 0 Å². The highest BCUT2D eigenvalue weighted by molar-refractivity contribution is 7.71. The summed E-state index contributed by atoms with van der Waals surface area (Å²) in [6, 6.07) is 23.5. The predicted molar refractivity (Wildman–Crippen MR) is 118 cm³/mol. The molecule has 0 amide bonds. The summed E-state index contributed by atoms with van der Waals surface area (Å²) >= 11 is 5.32. The first kappa shape index (κ1) is 19.0. The zero-order valence-corrected chi connectivity index (χ0v) is 17.2. The lowest BCUT2D eigenvalue weighted by atomic mass is 10.0. The Labute approximate surface area is 182 Å². The lowest BCUT2D eigenvalue weighted by Crippen LogP contribution is -2.19. The molecular formula is C22H17N7OS. The number of hydrogen-bond donors (Lipinski definition) is 1. The van der Waals surface area contributed by atoms with E-state index in [9.17, 15) is 4.79 Å². The van der Waals surface area contributed by atoms with Crippen LogP contribution in [-0.4, -0.2) is 40.9 Å². The molecule has 31 heavy (non-hydrogen) atoms. The Morgan fingerprint density at radius 2 is 1.74 bits per heavy atom. The van der Waals surface area contributed by atoms with E-state index in [1.54, 1.807) is 0 Å². The van der Waals surface area contributed by atoms with Crippen molar-refractivity contribution in [1.82, 2.24) is 35.0 Å². The van der Waals surface area contributed by atoms with Crippen LogP contribution in [0.15, 0.2) is 72.8 Å². The summed E-state index contributed by atoms with van der Waals surface area (Å²) in [4.78, 5) is 14.5. The highest BCUT2D eigenvalue weighted by Gasteiger charge is 2.17. The lowest BCUT2D eigenvalue weighted by Gasteiger charge is -2.08. The molecule has 0 spiro atoms. The van der Waals surface area contributed by atoms with Crippen LogP contribution < -0.4 is 0 Å². The maximum Gasteiger partial charge on any atom is 0.238 e. The van der Waals surface area contributed by atoms with E-state index in [0.29, 0.717) is 11.6 Å². The van der Waals surface area contributed by atoms with E-state index in [-0.39, 0.29) is 23.6 Å². The third-order valence-corrected chi connectivity index (χ3v) is 5.25. The molecule has 5 aromatic rings. The van der Waals surface area contributed by atoms with Gasteiger partial charge in [0, 0.05) is 5.56 Å². The monoisotopic (exact) mass is 427 g/mol. The van der Waals surface area contributed by atoms with Crippen molar-refractivity contribution in [2.24, 2.45) is 0 Å².